The van der Waals surface area contributed by atoms with Crippen molar-refractivity contribution in [1.82, 2.24) is 15.2 Å². The number of hydrogen-bond donors (Lipinski definition) is 0. The third-order valence-electron chi connectivity index (χ3n) is 3.36. The molecule has 0 aliphatic carbocycles. The Morgan fingerprint density at radius 3 is 2.42 bits per heavy atom. The molecule has 0 saturated carbocycles. The van der Waals surface area contributed by atoms with Crippen LogP contribution in [0.15, 0.2) is 51.9 Å². The lowest BCUT2D eigenvalue weighted by molar-refractivity contribution is -0.0587. The maximum absolute atomic E-state index is 12.3. The SMILES string of the molecule is O=C(ON1C(=O)c2ccccc2C1=O)c1ncoc1-c1ccon1. The number of imide groups is 1. The van der Waals surface area contributed by atoms with E-state index >= 15 is 0 Å². The zero-order valence-corrected chi connectivity index (χ0v) is 11.8. The van der Waals surface area contributed by atoms with E-state index in [0.717, 1.165) is 6.39 Å². The Kier molecular flexibility index (Phi) is 2.98. The number of hydrogen-bond acceptors (Lipinski definition) is 8. The van der Waals surface area contributed by atoms with E-state index in [9.17, 15) is 14.4 Å². The van der Waals surface area contributed by atoms with Gasteiger partial charge in [0, 0.05) is 6.07 Å². The number of carbonyl (C=O) groups excluding carboxylic acids is 3. The summed E-state index contributed by atoms with van der Waals surface area (Å²) in [6, 6.07) is 7.62. The first-order valence-electron chi connectivity index (χ1n) is 6.71. The van der Waals surface area contributed by atoms with Crippen molar-refractivity contribution in [3.63, 3.8) is 0 Å². The number of benzene rings is 1. The van der Waals surface area contributed by atoms with E-state index in [1.807, 2.05) is 0 Å². The Labute approximate surface area is 133 Å². The molecule has 1 aromatic carbocycles. The lowest BCUT2D eigenvalue weighted by Gasteiger charge is -2.11. The molecule has 2 amide bonds. The topological polar surface area (TPSA) is 116 Å². The maximum atomic E-state index is 12.3. The van der Waals surface area contributed by atoms with Crippen LogP contribution in [0.4, 0.5) is 0 Å². The molecule has 0 spiro atoms. The molecule has 1 aliphatic rings. The molecule has 24 heavy (non-hydrogen) atoms. The molecule has 1 aliphatic heterocycles. The van der Waals surface area contributed by atoms with Crippen LogP contribution in [0, 0.1) is 0 Å². The molecule has 3 heterocycles. The average Bonchev–Trinajstić information content (AvgIpc) is 3.31. The molecule has 0 unspecified atom stereocenters. The minimum Gasteiger partial charge on any atom is -0.441 e. The lowest BCUT2D eigenvalue weighted by atomic mass is 10.1. The van der Waals surface area contributed by atoms with E-state index in [0.29, 0.717) is 5.06 Å². The summed E-state index contributed by atoms with van der Waals surface area (Å²) in [7, 11) is 0. The highest BCUT2D eigenvalue weighted by Gasteiger charge is 2.39. The molecule has 4 rings (SSSR count). The van der Waals surface area contributed by atoms with E-state index < -0.39 is 17.8 Å². The first-order valence-corrected chi connectivity index (χ1v) is 6.71. The highest BCUT2D eigenvalue weighted by molar-refractivity contribution is 6.21. The minimum absolute atomic E-state index is 0.00496. The van der Waals surface area contributed by atoms with Gasteiger partial charge in [-0.2, -0.15) is 0 Å². The van der Waals surface area contributed by atoms with Crippen molar-refractivity contribution in [2.75, 3.05) is 0 Å². The first-order chi connectivity index (χ1) is 11.7. The van der Waals surface area contributed by atoms with Crippen molar-refractivity contribution in [1.29, 1.82) is 0 Å². The Hall–Kier alpha value is -3.75. The third kappa shape index (κ3) is 1.99. The smallest absolute Gasteiger partial charge is 0.386 e. The molecule has 0 radical (unpaired) electrons. The normalized spacial score (nSPS) is 13.2. The molecule has 2 aromatic heterocycles. The maximum Gasteiger partial charge on any atom is 0.386 e. The van der Waals surface area contributed by atoms with Gasteiger partial charge in [0.2, 0.25) is 0 Å². The minimum atomic E-state index is -1.03. The number of carbonyl (C=O) groups is 3. The van der Waals surface area contributed by atoms with Crippen LogP contribution in [0.5, 0.6) is 0 Å². The number of aromatic nitrogens is 2. The van der Waals surface area contributed by atoms with Crippen LogP contribution in [0.25, 0.3) is 11.5 Å². The van der Waals surface area contributed by atoms with Gasteiger partial charge in [0.1, 0.15) is 6.26 Å². The van der Waals surface area contributed by atoms with Gasteiger partial charge in [0.15, 0.2) is 23.5 Å². The van der Waals surface area contributed by atoms with Crippen molar-refractivity contribution >= 4 is 17.8 Å². The second kappa shape index (κ2) is 5.16. The van der Waals surface area contributed by atoms with E-state index in [-0.39, 0.29) is 28.3 Å². The molecule has 0 atom stereocenters. The summed E-state index contributed by atoms with van der Waals surface area (Å²) in [5, 5.41) is 4.03. The Morgan fingerprint density at radius 1 is 1.08 bits per heavy atom. The van der Waals surface area contributed by atoms with Crippen LogP contribution in [0.2, 0.25) is 0 Å². The fourth-order valence-electron chi connectivity index (χ4n) is 2.28. The van der Waals surface area contributed by atoms with Gasteiger partial charge < -0.3 is 13.8 Å². The number of rotatable bonds is 3. The van der Waals surface area contributed by atoms with Gasteiger partial charge in [-0.25, -0.2) is 9.78 Å². The molecule has 118 valence electrons. The number of hydroxylamine groups is 2. The van der Waals surface area contributed by atoms with Crippen molar-refractivity contribution in [2.24, 2.45) is 0 Å². The number of amides is 2. The average molecular weight is 325 g/mol. The summed E-state index contributed by atoms with van der Waals surface area (Å²) in [6.07, 6.45) is 2.31. The largest absolute Gasteiger partial charge is 0.441 e. The summed E-state index contributed by atoms with van der Waals surface area (Å²) in [4.78, 5) is 45.3. The van der Waals surface area contributed by atoms with E-state index in [1.54, 1.807) is 12.1 Å². The van der Waals surface area contributed by atoms with Gasteiger partial charge >= 0.3 is 5.97 Å². The van der Waals surface area contributed by atoms with E-state index in [2.05, 4.69) is 14.7 Å². The van der Waals surface area contributed by atoms with Crippen LogP contribution in [-0.2, 0) is 4.84 Å². The number of fused-ring (bicyclic) bond motifs is 1. The molecule has 0 fully saturated rings. The molecular weight excluding hydrogens is 318 g/mol. The summed E-state index contributed by atoms with van der Waals surface area (Å²) in [5.41, 5.74) is 0.307. The number of oxazole rings is 1. The predicted octanol–water partition coefficient (Wildman–Crippen LogP) is 1.70. The fourth-order valence-corrected chi connectivity index (χ4v) is 2.28. The predicted molar refractivity (Wildman–Crippen MR) is 74.4 cm³/mol. The first kappa shape index (κ1) is 13.9. The zero-order valence-electron chi connectivity index (χ0n) is 11.8. The summed E-state index contributed by atoms with van der Waals surface area (Å²) < 4.78 is 9.76. The van der Waals surface area contributed by atoms with E-state index in [1.165, 1.54) is 24.5 Å². The molecule has 0 bridgehead atoms. The van der Waals surface area contributed by atoms with Gasteiger partial charge in [-0.15, -0.1) is 0 Å². The Balaban J connectivity index is 1.62. The second-order valence-corrected chi connectivity index (χ2v) is 4.74. The zero-order chi connectivity index (χ0) is 16.7. The quantitative estimate of drug-likeness (QED) is 0.668. The molecule has 0 saturated heterocycles. The van der Waals surface area contributed by atoms with Crippen LogP contribution in [-0.4, -0.2) is 33.0 Å². The summed E-state index contributed by atoms with van der Waals surface area (Å²) in [5.74, 6) is -2.48. The summed E-state index contributed by atoms with van der Waals surface area (Å²) >= 11 is 0. The monoisotopic (exact) mass is 325 g/mol. The Bertz CT molecular complexity index is 924. The van der Waals surface area contributed by atoms with Gasteiger partial charge in [-0.1, -0.05) is 22.4 Å². The highest BCUT2D eigenvalue weighted by atomic mass is 16.7. The number of nitrogens with zero attached hydrogens (tertiary/aromatic N) is 3. The standard InChI is InChI=1S/C15H7N3O6/c19-13-8-3-1-2-4-9(8)14(20)18(13)24-15(21)11-12(22-7-16-11)10-5-6-23-17-10/h1-7H. The molecular formula is C15H7N3O6. The molecule has 0 N–H and O–H groups in total. The van der Waals surface area contributed by atoms with Crippen LogP contribution in [0.3, 0.4) is 0 Å². The van der Waals surface area contributed by atoms with Gasteiger partial charge in [0.25, 0.3) is 11.8 Å². The highest BCUT2D eigenvalue weighted by Crippen LogP contribution is 2.25. The summed E-state index contributed by atoms with van der Waals surface area (Å²) in [6.45, 7) is 0. The lowest BCUT2D eigenvalue weighted by Crippen LogP contribution is -2.32. The van der Waals surface area contributed by atoms with Crippen molar-refractivity contribution in [3.8, 4) is 11.5 Å². The van der Waals surface area contributed by atoms with Gasteiger partial charge in [0.05, 0.1) is 11.1 Å². The fraction of sp³-hybridized carbons (Fsp3) is 0. The van der Waals surface area contributed by atoms with E-state index in [4.69, 9.17) is 9.25 Å². The van der Waals surface area contributed by atoms with Crippen LogP contribution >= 0.6 is 0 Å². The molecule has 9 nitrogen and oxygen atoms in total. The van der Waals surface area contributed by atoms with Crippen molar-refractivity contribution in [2.45, 2.75) is 0 Å². The Morgan fingerprint density at radius 2 is 1.79 bits per heavy atom. The van der Waals surface area contributed by atoms with Crippen molar-refractivity contribution in [3.05, 3.63) is 59.8 Å². The second-order valence-electron chi connectivity index (χ2n) is 4.74. The van der Waals surface area contributed by atoms with Gasteiger partial charge in [-0.3, -0.25) is 9.59 Å². The van der Waals surface area contributed by atoms with Crippen LogP contribution < -0.4 is 0 Å². The third-order valence-corrected chi connectivity index (χ3v) is 3.36. The molecule has 3 aromatic rings. The molecule has 9 heteroatoms. The van der Waals surface area contributed by atoms with Crippen LogP contribution in [0.1, 0.15) is 31.2 Å². The van der Waals surface area contributed by atoms with Gasteiger partial charge in [-0.05, 0) is 12.1 Å². The van der Waals surface area contributed by atoms with Crippen molar-refractivity contribution < 1.29 is 28.2 Å².